The third-order valence-corrected chi connectivity index (χ3v) is 4.70. The first-order chi connectivity index (χ1) is 11.7. The highest BCUT2D eigenvalue weighted by molar-refractivity contribution is 5.89. The molecule has 0 aromatic heterocycles. The summed E-state index contributed by atoms with van der Waals surface area (Å²) in [6.07, 6.45) is 3.72. The van der Waals surface area contributed by atoms with E-state index in [-0.39, 0.29) is 6.03 Å². The zero-order valence-corrected chi connectivity index (χ0v) is 14.4. The summed E-state index contributed by atoms with van der Waals surface area (Å²) < 4.78 is 10.9. The molecule has 2 fully saturated rings. The number of amides is 2. The van der Waals surface area contributed by atoms with E-state index in [0.717, 1.165) is 63.6 Å². The number of nitrogens with one attached hydrogen (secondary N) is 1. The molecule has 6 heteroatoms. The summed E-state index contributed by atoms with van der Waals surface area (Å²) in [5, 5.41) is 2.97. The summed E-state index contributed by atoms with van der Waals surface area (Å²) in [7, 11) is 1.63. The first-order valence-electron chi connectivity index (χ1n) is 8.78. The minimum absolute atomic E-state index is 0.0286. The molecule has 0 spiro atoms. The summed E-state index contributed by atoms with van der Waals surface area (Å²) in [5.41, 5.74) is 0.793. The summed E-state index contributed by atoms with van der Waals surface area (Å²) in [6, 6.07) is 7.39. The molecule has 0 aliphatic carbocycles. The molecule has 1 atom stereocenters. The lowest BCUT2D eigenvalue weighted by molar-refractivity contribution is 0.0747. The van der Waals surface area contributed by atoms with Gasteiger partial charge in [-0.3, -0.25) is 4.90 Å². The van der Waals surface area contributed by atoms with Crippen molar-refractivity contribution >= 4 is 11.7 Å². The van der Waals surface area contributed by atoms with E-state index < -0.39 is 0 Å². The van der Waals surface area contributed by atoms with Crippen LogP contribution in [0.15, 0.2) is 24.3 Å². The molecule has 1 aromatic rings. The van der Waals surface area contributed by atoms with Crippen LogP contribution in [0, 0.1) is 0 Å². The fraction of sp³-hybridized carbons (Fsp3) is 0.611. The van der Waals surface area contributed by atoms with Crippen molar-refractivity contribution in [1.29, 1.82) is 0 Å². The van der Waals surface area contributed by atoms with Crippen molar-refractivity contribution in [3.63, 3.8) is 0 Å². The fourth-order valence-electron chi connectivity index (χ4n) is 3.31. The van der Waals surface area contributed by atoms with Gasteiger partial charge in [-0.15, -0.1) is 0 Å². The Morgan fingerprint density at radius 3 is 2.75 bits per heavy atom. The minimum atomic E-state index is -0.0286. The molecule has 1 N–H and O–H groups in total. The van der Waals surface area contributed by atoms with Gasteiger partial charge in [-0.1, -0.05) is 0 Å². The summed E-state index contributed by atoms with van der Waals surface area (Å²) in [6.45, 7) is 5.39. The number of methoxy groups -OCH3 is 1. The second-order valence-electron chi connectivity index (χ2n) is 6.43. The molecule has 2 amide bonds. The number of anilines is 1. The van der Waals surface area contributed by atoms with Crippen molar-refractivity contribution in [3.8, 4) is 5.75 Å². The van der Waals surface area contributed by atoms with E-state index in [9.17, 15) is 4.79 Å². The van der Waals surface area contributed by atoms with Crippen molar-refractivity contribution in [2.24, 2.45) is 0 Å². The van der Waals surface area contributed by atoms with Crippen LogP contribution in [0.4, 0.5) is 10.5 Å². The molecule has 6 nitrogen and oxygen atoms in total. The normalized spacial score (nSPS) is 22.2. The van der Waals surface area contributed by atoms with Crippen LogP contribution in [0.1, 0.15) is 19.3 Å². The van der Waals surface area contributed by atoms with Gasteiger partial charge < -0.3 is 19.7 Å². The highest BCUT2D eigenvalue weighted by Gasteiger charge is 2.23. The maximum Gasteiger partial charge on any atom is 0.321 e. The standard InChI is InChI=1S/C18H27N3O3/c1-23-16-7-5-15(6-8-16)19-18(22)21-10-3-9-20(11-12-21)14-17-4-2-13-24-17/h5-8,17H,2-4,9-14H2,1H3,(H,19,22). The predicted octanol–water partition coefficient (Wildman–Crippen LogP) is 2.41. The lowest BCUT2D eigenvalue weighted by atomic mass is 10.2. The number of benzene rings is 1. The van der Waals surface area contributed by atoms with Gasteiger partial charge in [0.25, 0.3) is 0 Å². The van der Waals surface area contributed by atoms with Gasteiger partial charge in [0.2, 0.25) is 0 Å². The Labute approximate surface area is 143 Å². The molecule has 1 aromatic carbocycles. The first-order valence-corrected chi connectivity index (χ1v) is 8.78. The molecule has 24 heavy (non-hydrogen) atoms. The number of hydrogen-bond donors (Lipinski definition) is 1. The Morgan fingerprint density at radius 2 is 2.04 bits per heavy atom. The molecular formula is C18H27N3O3. The number of urea groups is 1. The number of rotatable bonds is 4. The first kappa shape index (κ1) is 17.0. The Hall–Kier alpha value is -1.79. The van der Waals surface area contributed by atoms with Crippen LogP contribution in [-0.2, 0) is 4.74 Å². The zero-order valence-electron chi connectivity index (χ0n) is 14.4. The molecule has 2 aliphatic rings. The molecule has 0 saturated carbocycles. The fourth-order valence-corrected chi connectivity index (χ4v) is 3.31. The van der Waals surface area contributed by atoms with Gasteiger partial charge in [-0.05, 0) is 50.1 Å². The molecule has 2 saturated heterocycles. The molecule has 0 bridgehead atoms. The molecule has 2 aliphatic heterocycles. The van der Waals surface area contributed by atoms with Crippen LogP contribution in [-0.4, -0.2) is 68.4 Å². The molecular weight excluding hydrogens is 306 g/mol. The maximum absolute atomic E-state index is 12.5. The number of carbonyl (C=O) groups is 1. The van der Waals surface area contributed by atoms with Crippen molar-refractivity contribution < 1.29 is 14.3 Å². The number of hydrogen-bond acceptors (Lipinski definition) is 4. The van der Waals surface area contributed by atoms with Gasteiger partial charge in [0.1, 0.15) is 5.75 Å². The largest absolute Gasteiger partial charge is 0.497 e. The Bertz CT molecular complexity index is 529. The van der Waals surface area contributed by atoms with Crippen LogP contribution >= 0.6 is 0 Å². The van der Waals surface area contributed by atoms with Gasteiger partial charge in [0.15, 0.2) is 0 Å². The second-order valence-corrected chi connectivity index (χ2v) is 6.43. The van der Waals surface area contributed by atoms with E-state index in [1.165, 1.54) is 6.42 Å². The van der Waals surface area contributed by atoms with Crippen LogP contribution in [0.2, 0.25) is 0 Å². The molecule has 1 unspecified atom stereocenters. The lowest BCUT2D eigenvalue weighted by Crippen LogP contribution is -2.39. The maximum atomic E-state index is 12.5. The third-order valence-electron chi connectivity index (χ3n) is 4.70. The van der Waals surface area contributed by atoms with E-state index in [0.29, 0.717) is 6.10 Å². The van der Waals surface area contributed by atoms with Gasteiger partial charge in [-0.25, -0.2) is 4.79 Å². The number of ether oxygens (including phenoxy) is 2. The Kier molecular flexibility index (Phi) is 5.93. The van der Waals surface area contributed by atoms with E-state index in [1.807, 2.05) is 29.2 Å². The van der Waals surface area contributed by atoms with Crippen molar-refractivity contribution in [2.45, 2.75) is 25.4 Å². The SMILES string of the molecule is COc1ccc(NC(=O)N2CCCN(CC3CCCO3)CC2)cc1. The highest BCUT2D eigenvalue weighted by atomic mass is 16.5. The van der Waals surface area contributed by atoms with Crippen molar-refractivity contribution in [1.82, 2.24) is 9.80 Å². The van der Waals surface area contributed by atoms with Gasteiger partial charge in [0, 0.05) is 38.5 Å². The summed E-state index contributed by atoms with van der Waals surface area (Å²) >= 11 is 0. The quantitative estimate of drug-likeness (QED) is 0.919. The number of carbonyl (C=O) groups excluding carboxylic acids is 1. The molecule has 132 valence electrons. The molecule has 2 heterocycles. The third kappa shape index (κ3) is 4.61. The van der Waals surface area contributed by atoms with Crippen molar-refractivity contribution in [2.75, 3.05) is 51.8 Å². The van der Waals surface area contributed by atoms with E-state index in [4.69, 9.17) is 9.47 Å². The highest BCUT2D eigenvalue weighted by Crippen LogP contribution is 2.17. The van der Waals surface area contributed by atoms with Gasteiger partial charge in [0.05, 0.1) is 13.2 Å². The lowest BCUT2D eigenvalue weighted by Gasteiger charge is -2.24. The number of nitrogens with zero attached hydrogens (tertiary/aromatic N) is 2. The smallest absolute Gasteiger partial charge is 0.321 e. The van der Waals surface area contributed by atoms with E-state index >= 15 is 0 Å². The average Bonchev–Trinajstić information content (AvgIpc) is 2.99. The summed E-state index contributed by atoms with van der Waals surface area (Å²) in [5.74, 6) is 0.785. The Balaban J connectivity index is 1.48. The van der Waals surface area contributed by atoms with Crippen LogP contribution in [0.5, 0.6) is 5.75 Å². The monoisotopic (exact) mass is 333 g/mol. The van der Waals surface area contributed by atoms with Crippen molar-refractivity contribution in [3.05, 3.63) is 24.3 Å². The predicted molar refractivity (Wildman–Crippen MR) is 93.6 cm³/mol. The van der Waals surface area contributed by atoms with E-state index in [1.54, 1.807) is 7.11 Å². The van der Waals surface area contributed by atoms with Gasteiger partial charge >= 0.3 is 6.03 Å². The second kappa shape index (κ2) is 8.35. The van der Waals surface area contributed by atoms with Crippen LogP contribution in [0.3, 0.4) is 0 Å². The molecule has 0 radical (unpaired) electrons. The van der Waals surface area contributed by atoms with E-state index in [2.05, 4.69) is 10.2 Å². The van der Waals surface area contributed by atoms with Gasteiger partial charge in [-0.2, -0.15) is 0 Å². The van der Waals surface area contributed by atoms with Crippen LogP contribution < -0.4 is 10.1 Å². The topological polar surface area (TPSA) is 54.0 Å². The summed E-state index contributed by atoms with van der Waals surface area (Å²) in [4.78, 5) is 16.8. The minimum Gasteiger partial charge on any atom is -0.497 e. The average molecular weight is 333 g/mol. The zero-order chi connectivity index (χ0) is 16.8. The molecule has 3 rings (SSSR count). The van der Waals surface area contributed by atoms with Crippen LogP contribution in [0.25, 0.3) is 0 Å². The Morgan fingerprint density at radius 1 is 1.21 bits per heavy atom.